The van der Waals surface area contributed by atoms with Crippen LogP contribution in [-0.2, 0) is 11.3 Å². The highest BCUT2D eigenvalue weighted by Crippen LogP contribution is 2.10. The van der Waals surface area contributed by atoms with Gasteiger partial charge in [-0.15, -0.1) is 0 Å². The van der Waals surface area contributed by atoms with Crippen molar-refractivity contribution in [1.29, 1.82) is 0 Å². The number of hydrogen-bond donors (Lipinski definition) is 2. The highest BCUT2D eigenvalue weighted by molar-refractivity contribution is 7.80. The van der Waals surface area contributed by atoms with Gasteiger partial charge in [-0.1, -0.05) is 5.16 Å². The van der Waals surface area contributed by atoms with Crippen LogP contribution < -0.4 is 10.6 Å². The minimum absolute atomic E-state index is 0.295. The van der Waals surface area contributed by atoms with E-state index in [0.717, 1.165) is 37.4 Å². The highest BCUT2D eigenvalue weighted by Gasteiger charge is 2.15. The van der Waals surface area contributed by atoms with Crippen LogP contribution in [0, 0.1) is 6.92 Å². The molecule has 1 saturated heterocycles. The molecule has 1 aromatic heterocycles. The number of nitrogens with one attached hydrogen (secondary N) is 2. The summed E-state index contributed by atoms with van der Waals surface area (Å²) in [5.74, 6) is 0.806. The van der Waals surface area contributed by atoms with E-state index in [4.69, 9.17) is 21.5 Å². The van der Waals surface area contributed by atoms with E-state index in [-0.39, 0.29) is 0 Å². The lowest BCUT2D eigenvalue weighted by Crippen LogP contribution is -2.39. The lowest BCUT2D eigenvalue weighted by molar-refractivity contribution is 0.114. The molecule has 0 bridgehead atoms. The summed E-state index contributed by atoms with van der Waals surface area (Å²) in [6.45, 7) is 4.08. The summed E-state index contributed by atoms with van der Waals surface area (Å²) in [7, 11) is 0. The fraction of sp³-hybridized carbons (Fsp3) is 0.636. The molecule has 1 aliphatic heterocycles. The average Bonchev–Trinajstić information content (AvgIpc) is 2.95. The fourth-order valence-corrected chi connectivity index (χ4v) is 1.90. The Morgan fingerprint density at radius 3 is 3.12 bits per heavy atom. The van der Waals surface area contributed by atoms with E-state index in [0.29, 0.717) is 17.8 Å². The molecule has 17 heavy (non-hydrogen) atoms. The maximum Gasteiger partial charge on any atom is 0.166 e. The second kappa shape index (κ2) is 5.97. The minimum Gasteiger partial charge on any atom is -0.376 e. The second-order valence-corrected chi connectivity index (χ2v) is 4.54. The number of thiocarbonyl (C=S) groups is 1. The molecule has 1 fully saturated rings. The molecular weight excluding hydrogens is 238 g/mol. The van der Waals surface area contributed by atoms with Gasteiger partial charge in [0.05, 0.1) is 12.6 Å². The smallest absolute Gasteiger partial charge is 0.166 e. The maximum atomic E-state index is 5.49. The number of aryl methyl sites for hydroxylation is 1. The Morgan fingerprint density at radius 1 is 1.59 bits per heavy atom. The van der Waals surface area contributed by atoms with Crippen molar-refractivity contribution in [2.75, 3.05) is 13.2 Å². The predicted molar refractivity (Wildman–Crippen MR) is 67.7 cm³/mol. The summed E-state index contributed by atoms with van der Waals surface area (Å²) >= 11 is 5.16. The van der Waals surface area contributed by atoms with Gasteiger partial charge in [-0.2, -0.15) is 0 Å². The van der Waals surface area contributed by atoms with Crippen molar-refractivity contribution < 1.29 is 9.26 Å². The average molecular weight is 255 g/mol. The normalized spacial score (nSPS) is 19.2. The van der Waals surface area contributed by atoms with Gasteiger partial charge in [0.25, 0.3) is 0 Å². The van der Waals surface area contributed by atoms with Crippen molar-refractivity contribution in [1.82, 2.24) is 15.8 Å². The molecule has 1 aliphatic rings. The Morgan fingerprint density at radius 2 is 2.47 bits per heavy atom. The first-order valence-electron chi connectivity index (χ1n) is 5.79. The lowest BCUT2D eigenvalue weighted by atomic mass is 10.2. The van der Waals surface area contributed by atoms with Gasteiger partial charge in [0, 0.05) is 19.2 Å². The minimum atomic E-state index is 0.295. The molecule has 2 heterocycles. The van der Waals surface area contributed by atoms with Crippen molar-refractivity contribution in [3.63, 3.8) is 0 Å². The topological polar surface area (TPSA) is 59.3 Å². The molecule has 0 spiro atoms. The van der Waals surface area contributed by atoms with Crippen LogP contribution in [0.4, 0.5) is 0 Å². The number of nitrogens with zero attached hydrogens (tertiary/aromatic N) is 1. The summed E-state index contributed by atoms with van der Waals surface area (Å²) in [5.41, 5.74) is 0.851. The molecule has 1 aromatic rings. The molecule has 2 rings (SSSR count). The van der Waals surface area contributed by atoms with Gasteiger partial charge in [0.1, 0.15) is 11.5 Å². The SMILES string of the molecule is Cc1cc(CNC(=S)NC[C@@H]2CCCO2)no1. The number of rotatable bonds is 4. The Kier molecular flexibility index (Phi) is 4.33. The van der Waals surface area contributed by atoms with E-state index in [1.807, 2.05) is 13.0 Å². The zero-order valence-electron chi connectivity index (χ0n) is 9.86. The van der Waals surface area contributed by atoms with Gasteiger partial charge < -0.3 is 19.9 Å². The van der Waals surface area contributed by atoms with Gasteiger partial charge >= 0.3 is 0 Å². The molecule has 6 heteroatoms. The van der Waals surface area contributed by atoms with E-state index in [9.17, 15) is 0 Å². The van der Waals surface area contributed by atoms with Gasteiger partial charge in [-0.05, 0) is 32.0 Å². The van der Waals surface area contributed by atoms with Crippen LogP contribution in [0.2, 0.25) is 0 Å². The molecule has 0 saturated carbocycles. The Labute approximate surface area is 106 Å². The molecule has 94 valence electrons. The Hall–Kier alpha value is -1.14. The molecule has 2 N–H and O–H groups in total. The third-order valence-electron chi connectivity index (χ3n) is 2.62. The third-order valence-corrected chi connectivity index (χ3v) is 2.91. The van der Waals surface area contributed by atoms with E-state index >= 15 is 0 Å². The second-order valence-electron chi connectivity index (χ2n) is 4.13. The van der Waals surface area contributed by atoms with Crippen LogP contribution in [0.15, 0.2) is 10.6 Å². The van der Waals surface area contributed by atoms with Crippen molar-refractivity contribution in [2.24, 2.45) is 0 Å². The number of ether oxygens (including phenoxy) is 1. The van der Waals surface area contributed by atoms with Crippen LogP contribution in [-0.4, -0.2) is 29.5 Å². The van der Waals surface area contributed by atoms with Crippen LogP contribution >= 0.6 is 12.2 Å². The molecular formula is C11H17N3O2S. The van der Waals surface area contributed by atoms with Crippen LogP contribution in [0.1, 0.15) is 24.3 Å². The zero-order chi connectivity index (χ0) is 12.1. The molecule has 5 nitrogen and oxygen atoms in total. The molecule has 0 unspecified atom stereocenters. The zero-order valence-corrected chi connectivity index (χ0v) is 10.7. The van der Waals surface area contributed by atoms with Crippen LogP contribution in [0.3, 0.4) is 0 Å². The van der Waals surface area contributed by atoms with E-state index in [1.165, 1.54) is 0 Å². The maximum absolute atomic E-state index is 5.49. The van der Waals surface area contributed by atoms with Crippen LogP contribution in [0.25, 0.3) is 0 Å². The summed E-state index contributed by atoms with van der Waals surface area (Å²) in [5, 5.41) is 10.7. The summed E-state index contributed by atoms with van der Waals surface area (Å²) in [4.78, 5) is 0. The molecule has 0 amide bonds. The summed E-state index contributed by atoms with van der Waals surface area (Å²) in [6.07, 6.45) is 2.55. The van der Waals surface area contributed by atoms with Gasteiger partial charge in [0.2, 0.25) is 0 Å². The quantitative estimate of drug-likeness (QED) is 0.786. The predicted octanol–water partition coefficient (Wildman–Crippen LogP) is 1.13. The highest BCUT2D eigenvalue weighted by atomic mass is 32.1. The summed E-state index contributed by atoms with van der Waals surface area (Å²) < 4.78 is 10.5. The van der Waals surface area contributed by atoms with Crippen molar-refractivity contribution in [3.8, 4) is 0 Å². The lowest BCUT2D eigenvalue weighted by Gasteiger charge is -2.13. The van der Waals surface area contributed by atoms with Gasteiger partial charge in [-0.3, -0.25) is 0 Å². The molecule has 0 aliphatic carbocycles. The first-order valence-corrected chi connectivity index (χ1v) is 6.20. The van der Waals surface area contributed by atoms with Crippen molar-refractivity contribution in [2.45, 2.75) is 32.4 Å². The largest absolute Gasteiger partial charge is 0.376 e. The van der Waals surface area contributed by atoms with Gasteiger partial charge in [-0.25, -0.2) is 0 Å². The third kappa shape index (κ3) is 3.98. The standard InChI is InChI=1S/C11H17N3O2S/c1-8-5-9(14-16-8)6-12-11(17)13-7-10-3-2-4-15-10/h5,10H,2-4,6-7H2,1H3,(H2,12,13,17)/t10-/m0/s1. The van der Waals surface area contributed by atoms with E-state index < -0.39 is 0 Å². The summed E-state index contributed by atoms with van der Waals surface area (Å²) in [6, 6.07) is 1.88. The monoisotopic (exact) mass is 255 g/mol. The van der Waals surface area contributed by atoms with E-state index in [1.54, 1.807) is 0 Å². The van der Waals surface area contributed by atoms with Gasteiger partial charge in [0.15, 0.2) is 5.11 Å². The van der Waals surface area contributed by atoms with Crippen molar-refractivity contribution in [3.05, 3.63) is 17.5 Å². The number of aromatic nitrogens is 1. The van der Waals surface area contributed by atoms with Crippen molar-refractivity contribution >= 4 is 17.3 Å². The Balaban J connectivity index is 1.63. The molecule has 0 aromatic carbocycles. The first-order chi connectivity index (χ1) is 8.24. The first kappa shape index (κ1) is 12.3. The fourth-order valence-electron chi connectivity index (χ4n) is 1.75. The Bertz CT molecular complexity index is 375. The molecule has 0 radical (unpaired) electrons. The number of hydrogen-bond acceptors (Lipinski definition) is 4. The van der Waals surface area contributed by atoms with E-state index in [2.05, 4.69) is 15.8 Å². The van der Waals surface area contributed by atoms with Crippen LogP contribution in [0.5, 0.6) is 0 Å². The molecule has 1 atom stereocenters.